The Labute approximate surface area is 158 Å². The van der Waals surface area contributed by atoms with Crippen molar-refractivity contribution < 1.29 is 9.59 Å². The summed E-state index contributed by atoms with van der Waals surface area (Å²) in [6, 6.07) is 14.5. The largest absolute Gasteiger partial charge is 0.352 e. The van der Waals surface area contributed by atoms with Crippen molar-refractivity contribution in [2.75, 3.05) is 20.1 Å². The van der Waals surface area contributed by atoms with Crippen molar-refractivity contribution in [1.29, 1.82) is 0 Å². The maximum Gasteiger partial charge on any atom is 0.253 e. The van der Waals surface area contributed by atoms with Crippen LogP contribution < -0.4 is 5.32 Å². The van der Waals surface area contributed by atoms with Crippen LogP contribution in [-0.2, 0) is 0 Å². The number of nitrogens with zero attached hydrogens (tertiary/aromatic N) is 1. The Balaban J connectivity index is 1.75. The third-order valence-corrected chi connectivity index (χ3v) is 4.56. The first-order valence-corrected chi connectivity index (χ1v) is 9.11. The molecule has 2 rings (SSSR count). The first-order chi connectivity index (χ1) is 11.5. The molecule has 0 bridgehead atoms. The van der Waals surface area contributed by atoms with E-state index >= 15 is 0 Å². The molecule has 0 aliphatic heterocycles. The van der Waals surface area contributed by atoms with E-state index in [1.807, 2.05) is 24.3 Å². The molecule has 0 spiro atoms. The van der Waals surface area contributed by atoms with Crippen LogP contribution in [0.15, 0.2) is 57.5 Å². The predicted octanol–water partition coefficient (Wildman–Crippen LogP) is 4.10. The minimum atomic E-state index is -0.107. The van der Waals surface area contributed by atoms with Gasteiger partial charge in [-0.1, -0.05) is 31.9 Å². The topological polar surface area (TPSA) is 49.4 Å². The standard InChI is InChI=1S/C18H18Br2N2O2/c1-22(18(24)14-5-9-16(20)10-6-14)12-2-11-21-17(23)13-3-7-15(19)8-4-13/h3-10H,2,11-12H2,1H3,(H,21,23). The van der Waals surface area contributed by atoms with Crippen LogP contribution in [0.25, 0.3) is 0 Å². The molecule has 6 heteroatoms. The zero-order chi connectivity index (χ0) is 17.5. The molecule has 2 aromatic rings. The summed E-state index contributed by atoms with van der Waals surface area (Å²) in [5.74, 6) is -0.133. The molecule has 0 aliphatic rings. The fourth-order valence-corrected chi connectivity index (χ4v) is 2.66. The Hall–Kier alpha value is -1.66. The molecule has 0 fully saturated rings. The van der Waals surface area contributed by atoms with Crippen molar-refractivity contribution in [1.82, 2.24) is 10.2 Å². The van der Waals surface area contributed by atoms with Gasteiger partial charge in [0.15, 0.2) is 0 Å². The van der Waals surface area contributed by atoms with E-state index in [1.165, 1.54) is 0 Å². The fraction of sp³-hybridized carbons (Fsp3) is 0.222. The van der Waals surface area contributed by atoms with Crippen LogP contribution in [0.1, 0.15) is 27.1 Å². The molecule has 0 aliphatic carbocycles. The minimum Gasteiger partial charge on any atom is -0.352 e. The number of amides is 2. The number of rotatable bonds is 6. The van der Waals surface area contributed by atoms with Crippen molar-refractivity contribution in [3.63, 3.8) is 0 Å². The van der Waals surface area contributed by atoms with Crippen LogP contribution in [0.5, 0.6) is 0 Å². The van der Waals surface area contributed by atoms with E-state index in [0.717, 1.165) is 8.95 Å². The number of carbonyl (C=O) groups excluding carboxylic acids is 2. The molecule has 0 atom stereocenters. The summed E-state index contributed by atoms with van der Waals surface area (Å²) in [6.07, 6.45) is 0.695. The van der Waals surface area contributed by atoms with Gasteiger partial charge >= 0.3 is 0 Å². The van der Waals surface area contributed by atoms with Crippen molar-refractivity contribution in [3.8, 4) is 0 Å². The van der Waals surface area contributed by atoms with Gasteiger partial charge in [-0.05, 0) is 55.0 Å². The molecule has 0 unspecified atom stereocenters. The van der Waals surface area contributed by atoms with E-state index in [1.54, 1.807) is 36.2 Å². The number of halogens is 2. The third kappa shape index (κ3) is 5.46. The quantitative estimate of drug-likeness (QED) is 0.669. The summed E-state index contributed by atoms with van der Waals surface area (Å²) in [5, 5.41) is 2.86. The van der Waals surface area contributed by atoms with E-state index in [9.17, 15) is 9.59 Å². The summed E-state index contributed by atoms with van der Waals surface area (Å²) in [6.45, 7) is 1.10. The molecule has 126 valence electrons. The first kappa shape index (κ1) is 18.7. The lowest BCUT2D eigenvalue weighted by atomic mass is 10.2. The average Bonchev–Trinajstić information content (AvgIpc) is 2.59. The number of carbonyl (C=O) groups is 2. The summed E-state index contributed by atoms with van der Waals surface area (Å²) in [7, 11) is 1.76. The maximum absolute atomic E-state index is 12.3. The highest BCUT2D eigenvalue weighted by Crippen LogP contribution is 2.12. The molecule has 0 heterocycles. The Morgan fingerprint density at radius 1 is 0.917 bits per heavy atom. The monoisotopic (exact) mass is 452 g/mol. The molecule has 0 aromatic heterocycles. The van der Waals surface area contributed by atoms with Gasteiger partial charge in [0.2, 0.25) is 0 Å². The molecule has 2 amide bonds. The van der Waals surface area contributed by atoms with E-state index < -0.39 is 0 Å². The second-order valence-corrected chi connectivity index (χ2v) is 7.18. The number of nitrogens with one attached hydrogen (secondary N) is 1. The van der Waals surface area contributed by atoms with E-state index in [0.29, 0.717) is 30.6 Å². The lowest BCUT2D eigenvalue weighted by Crippen LogP contribution is -2.31. The lowest BCUT2D eigenvalue weighted by Gasteiger charge is -2.17. The zero-order valence-electron chi connectivity index (χ0n) is 13.3. The van der Waals surface area contributed by atoms with Crippen LogP contribution in [0.3, 0.4) is 0 Å². The molecule has 0 radical (unpaired) electrons. The Bertz CT molecular complexity index is 700. The molecular formula is C18H18Br2N2O2. The Morgan fingerprint density at radius 2 is 1.42 bits per heavy atom. The van der Waals surface area contributed by atoms with Gasteiger partial charge in [0.05, 0.1) is 0 Å². The highest BCUT2D eigenvalue weighted by molar-refractivity contribution is 9.10. The summed E-state index contributed by atoms with van der Waals surface area (Å²) in [5.41, 5.74) is 1.28. The Morgan fingerprint density at radius 3 is 1.96 bits per heavy atom. The summed E-state index contributed by atoms with van der Waals surface area (Å²) in [4.78, 5) is 25.9. The second kappa shape index (κ2) is 8.99. The number of hydrogen-bond acceptors (Lipinski definition) is 2. The van der Waals surface area contributed by atoms with Gasteiger partial charge < -0.3 is 10.2 Å². The minimum absolute atomic E-state index is 0.0262. The van der Waals surface area contributed by atoms with Gasteiger partial charge in [-0.25, -0.2) is 0 Å². The van der Waals surface area contributed by atoms with Crippen molar-refractivity contribution in [2.45, 2.75) is 6.42 Å². The molecule has 24 heavy (non-hydrogen) atoms. The first-order valence-electron chi connectivity index (χ1n) is 7.52. The van der Waals surface area contributed by atoms with Crippen LogP contribution in [-0.4, -0.2) is 36.9 Å². The number of benzene rings is 2. The van der Waals surface area contributed by atoms with Crippen LogP contribution in [0.2, 0.25) is 0 Å². The van der Waals surface area contributed by atoms with Gasteiger partial charge in [-0.15, -0.1) is 0 Å². The second-order valence-electron chi connectivity index (χ2n) is 5.35. The Kier molecular flexibility index (Phi) is 6.99. The van der Waals surface area contributed by atoms with Crippen molar-refractivity contribution >= 4 is 43.7 Å². The van der Waals surface area contributed by atoms with Crippen LogP contribution in [0, 0.1) is 0 Å². The highest BCUT2D eigenvalue weighted by Gasteiger charge is 2.11. The van der Waals surface area contributed by atoms with Gasteiger partial charge in [0, 0.05) is 40.2 Å². The van der Waals surface area contributed by atoms with Gasteiger partial charge in [-0.3, -0.25) is 9.59 Å². The predicted molar refractivity (Wildman–Crippen MR) is 102 cm³/mol. The van der Waals surface area contributed by atoms with E-state index in [-0.39, 0.29) is 11.8 Å². The number of hydrogen-bond donors (Lipinski definition) is 1. The average molecular weight is 454 g/mol. The normalized spacial score (nSPS) is 10.3. The molecule has 1 N–H and O–H groups in total. The highest BCUT2D eigenvalue weighted by atomic mass is 79.9. The van der Waals surface area contributed by atoms with Crippen molar-refractivity contribution in [2.24, 2.45) is 0 Å². The van der Waals surface area contributed by atoms with Crippen LogP contribution >= 0.6 is 31.9 Å². The van der Waals surface area contributed by atoms with E-state index in [2.05, 4.69) is 37.2 Å². The SMILES string of the molecule is CN(CCCNC(=O)c1ccc(Br)cc1)C(=O)c1ccc(Br)cc1. The molecule has 2 aromatic carbocycles. The smallest absolute Gasteiger partial charge is 0.253 e. The van der Waals surface area contributed by atoms with Crippen LogP contribution in [0.4, 0.5) is 0 Å². The van der Waals surface area contributed by atoms with Crippen molar-refractivity contribution in [3.05, 3.63) is 68.6 Å². The fourth-order valence-electron chi connectivity index (χ4n) is 2.14. The molecule has 4 nitrogen and oxygen atoms in total. The van der Waals surface area contributed by atoms with Gasteiger partial charge in [0.25, 0.3) is 11.8 Å². The molecular weight excluding hydrogens is 436 g/mol. The summed E-state index contributed by atoms with van der Waals surface area (Å²) >= 11 is 6.69. The van der Waals surface area contributed by atoms with Gasteiger partial charge in [0.1, 0.15) is 0 Å². The zero-order valence-corrected chi connectivity index (χ0v) is 16.4. The molecule has 0 saturated carbocycles. The summed E-state index contributed by atoms with van der Waals surface area (Å²) < 4.78 is 1.88. The lowest BCUT2D eigenvalue weighted by molar-refractivity contribution is 0.0793. The molecule has 0 saturated heterocycles. The van der Waals surface area contributed by atoms with Gasteiger partial charge in [-0.2, -0.15) is 0 Å². The maximum atomic E-state index is 12.3. The van der Waals surface area contributed by atoms with E-state index in [4.69, 9.17) is 0 Å². The third-order valence-electron chi connectivity index (χ3n) is 3.50.